The Hall–Kier alpha value is -2.43. The number of ether oxygens (including phenoxy) is 2. The lowest BCUT2D eigenvalue weighted by Gasteiger charge is -2.03. The highest BCUT2D eigenvalue weighted by atomic mass is 32.1. The van der Waals surface area contributed by atoms with Crippen molar-refractivity contribution in [2.75, 3.05) is 25.3 Å². The van der Waals surface area contributed by atoms with Crippen LogP contribution >= 0.6 is 34.0 Å². The Morgan fingerprint density at radius 1 is 0.960 bits per heavy atom. The van der Waals surface area contributed by atoms with Crippen molar-refractivity contribution < 1.29 is 9.47 Å². The fourth-order valence-electron chi connectivity index (χ4n) is 2.25. The van der Waals surface area contributed by atoms with E-state index in [0.717, 1.165) is 37.6 Å². The molecule has 10 heteroatoms. The topological polar surface area (TPSA) is 95.2 Å². The first kappa shape index (κ1) is 16.1. The number of nitrogens with one attached hydrogen (secondary N) is 1. The molecular formula is C15H13N5O2S3. The second kappa shape index (κ2) is 6.47. The fourth-order valence-corrected chi connectivity index (χ4v) is 4.48. The number of fused-ring (bicyclic) bond motifs is 1. The number of anilines is 3. The molecule has 0 saturated carbocycles. The average molecular weight is 392 g/mol. The number of methoxy groups -OCH3 is 2. The highest BCUT2D eigenvalue weighted by molar-refractivity contribution is 7.22. The van der Waals surface area contributed by atoms with Gasteiger partial charge < -0.3 is 20.5 Å². The van der Waals surface area contributed by atoms with Gasteiger partial charge in [-0.25, -0.2) is 15.0 Å². The van der Waals surface area contributed by atoms with E-state index >= 15 is 0 Å². The number of nitrogens with zero attached hydrogens (tertiary/aromatic N) is 3. The molecular weight excluding hydrogens is 378 g/mol. The summed E-state index contributed by atoms with van der Waals surface area (Å²) in [6, 6.07) is 3.76. The molecule has 0 aliphatic heterocycles. The Kier molecular flexibility index (Phi) is 4.15. The van der Waals surface area contributed by atoms with Gasteiger partial charge in [0.25, 0.3) is 0 Å². The van der Waals surface area contributed by atoms with Crippen LogP contribution in [0.15, 0.2) is 22.9 Å². The van der Waals surface area contributed by atoms with E-state index in [-0.39, 0.29) is 0 Å². The van der Waals surface area contributed by atoms with Gasteiger partial charge in [-0.05, 0) is 6.07 Å². The molecule has 0 bridgehead atoms. The second-order valence-electron chi connectivity index (χ2n) is 4.93. The molecule has 0 aliphatic rings. The van der Waals surface area contributed by atoms with E-state index in [2.05, 4.69) is 20.3 Å². The summed E-state index contributed by atoms with van der Waals surface area (Å²) in [4.78, 5) is 13.4. The molecule has 0 radical (unpaired) electrons. The van der Waals surface area contributed by atoms with Gasteiger partial charge in [-0.1, -0.05) is 11.3 Å². The van der Waals surface area contributed by atoms with Crippen molar-refractivity contribution in [3.63, 3.8) is 0 Å². The number of hydrogen-bond acceptors (Lipinski definition) is 10. The smallest absolute Gasteiger partial charge is 0.190 e. The lowest BCUT2D eigenvalue weighted by Crippen LogP contribution is -1.90. The largest absolute Gasteiger partial charge is 0.497 e. The van der Waals surface area contributed by atoms with Gasteiger partial charge in [-0.15, -0.1) is 22.7 Å². The highest BCUT2D eigenvalue weighted by Crippen LogP contribution is 2.37. The number of benzene rings is 1. The third-order valence-electron chi connectivity index (χ3n) is 3.39. The number of nitrogen functional groups attached to an aromatic ring is 1. The zero-order chi connectivity index (χ0) is 17.4. The first-order valence-electron chi connectivity index (χ1n) is 7.13. The summed E-state index contributed by atoms with van der Waals surface area (Å²) in [5.41, 5.74) is 8.04. The zero-order valence-corrected chi connectivity index (χ0v) is 15.7. The molecule has 25 heavy (non-hydrogen) atoms. The number of rotatable bonds is 5. The molecule has 0 unspecified atom stereocenters. The van der Waals surface area contributed by atoms with E-state index in [1.165, 1.54) is 34.0 Å². The summed E-state index contributed by atoms with van der Waals surface area (Å²) in [6.07, 6.45) is 0. The van der Waals surface area contributed by atoms with Crippen LogP contribution in [0.4, 0.5) is 15.4 Å². The Bertz CT molecular complexity index is 1040. The van der Waals surface area contributed by atoms with Crippen molar-refractivity contribution in [1.82, 2.24) is 15.0 Å². The molecule has 3 heterocycles. The monoisotopic (exact) mass is 391 g/mol. The van der Waals surface area contributed by atoms with Crippen molar-refractivity contribution in [2.24, 2.45) is 0 Å². The van der Waals surface area contributed by atoms with Gasteiger partial charge in [0.1, 0.15) is 28.4 Å². The van der Waals surface area contributed by atoms with Gasteiger partial charge in [-0.3, -0.25) is 0 Å². The van der Waals surface area contributed by atoms with E-state index in [9.17, 15) is 0 Å². The summed E-state index contributed by atoms with van der Waals surface area (Å²) in [6.45, 7) is 0. The molecule has 1 aromatic carbocycles. The molecule has 7 nitrogen and oxygen atoms in total. The Morgan fingerprint density at radius 2 is 1.76 bits per heavy atom. The standard InChI is InChI=1S/C15H13N5O2S3/c1-21-7-3-10(22-2)12-11(4-7)25-15(19-12)20-14-18-9(6-24-14)8-5-23-13(16)17-8/h3-6H,1-2H3,(H2,16,17)(H,18,19,20). The summed E-state index contributed by atoms with van der Waals surface area (Å²) in [5, 5.41) is 9.08. The van der Waals surface area contributed by atoms with E-state index < -0.39 is 0 Å². The van der Waals surface area contributed by atoms with Crippen LogP contribution in [0, 0.1) is 0 Å². The molecule has 0 aliphatic carbocycles. The van der Waals surface area contributed by atoms with Gasteiger partial charge in [0.05, 0.1) is 18.9 Å². The molecule has 4 rings (SSSR count). The maximum atomic E-state index is 5.68. The van der Waals surface area contributed by atoms with Crippen molar-refractivity contribution >= 4 is 59.6 Å². The average Bonchev–Trinajstić information content (AvgIpc) is 3.33. The van der Waals surface area contributed by atoms with Crippen LogP contribution in [0.3, 0.4) is 0 Å². The first-order valence-corrected chi connectivity index (χ1v) is 9.70. The molecule has 0 spiro atoms. The van der Waals surface area contributed by atoms with Crippen LogP contribution in [0.1, 0.15) is 0 Å². The normalized spacial score (nSPS) is 11.0. The maximum Gasteiger partial charge on any atom is 0.190 e. The molecule has 4 aromatic rings. The van der Waals surface area contributed by atoms with Gasteiger partial charge in [0.15, 0.2) is 15.4 Å². The van der Waals surface area contributed by atoms with Crippen molar-refractivity contribution in [1.29, 1.82) is 0 Å². The van der Waals surface area contributed by atoms with Crippen molar-refractivity contribution in [2.45, 2.75) is 0 Å². The lowest BCUT2D eigenvalue weighted by atomic mass is 10.3. The molecule has 0 fully saturated rings. The Balaban J connectivity index is 1.63. The van der Waals surface area contributed by atoms with E-state index in [4.69, 9.17) is 15.2 Å². The van der Waals surface area contributed by atoms with E-state index in [0.29, 0.717) is 10.9 Å². The minimum Gasteiger partial charge on any atom is -0.497 e. The Labute approximate surface area is 155 Å². The molecule has 3 aromatic heterocycles. The summed E-state index contributed by atoms with van der Waals surface area (Å²) in [5.74, 6) is 1.41. The summed E-state index contributed by atoms with van der Waals surface area (Å²) in [7, 11) is 3.25. The van der Waals surface area contributed by atoms with Crippen molar-refractivity contribution in [3.05, 3.63) is 22.9 Å². The van der Waals surface area contributed by atoms with Crippen molar-refractivity contribution in [3.8, 4) is 22.9 Å². The maximum absolute atomic E-state index is 5.68. The first-order chi connectivity index (χ1) is 12.2. The number of thiazole rings is 3. The third kappa shape index (κ3) is 3.11. The number of nitrogens with two attached hydrogens (primary N) is 1. The predicted octanol–water partition coefficient (Wildman–Crippen LogP) is 4.22. The SMILES string of the molecule is COc1cc(OC)c2nc(Nc3nc(-c4csc(N)n4)cs3)sc2c1. The van der Waals surface area contributed by atoms with Crippen LogP contribution in [0.25, 0.3) is 21.6 Å². The van der Waals surface area contributed by atoms with Gasteiger partial charge in [-0.2, -0.15) is 0 Å². The van der Waals surface area contributed by atoms with Gasteiger partial charge in [0.2, 0.25) is 0 Å². The number of aromatic nitrogens is 3. The molecule has 3 N–H and O–H groups in total. The quantitative estimate of drug-likeness (QED) is 0.526. The number of hydrogen-bond donors (Lipinski definition) is 2. The fraction of sp³-hybridized carbons (Fsp3) is 0.133. The van der Waals surface area contributed by atoms with Crippen LogP contribution in [0.5, 0.6) is 11.5 Å². The van der Waals surface area contributed by atoms with Crippen LogP contribution in [-0.2, 0) is 0 Å². The summed E-state index contributed by atoms with van der Waals surface area (Å²) < 4.78 is 11.7. The highest BCUT2D eigenvalue weighted by Gasteiger charge is 2.13. The van der Waals surface area contributed by atoms with Crippen LogP contribution in [-0.4, -0.2) is 29.2 Å². The van der Waals surface area contributed by atoms with Crippen LogP contribution in [0.2, 0.25) is 0 Å². The Morgan fingerprint density at radius 3 is 2.48 bits per heavy atom. The minimum atomic E-state index is 0.532. The van der Waals surface area contributed by atoms with E-state index in [1.54, 1.807) is 14.2 Å². The van der Waals surface area contributed by atoms with E-state index in [1.807, 2.05) is 22.9 Å². The predicted molar refractivity (Wildman–Crippen MR) is 104 cm³/mol. The van der Waals surface area contributed by atoms with Crippen LogP contribution < -0.4 is 20.5 Å². The molecule has 128 valence electrons. The van der Waals surface area contributed by atoms with Gasteiger partial charge >= 0.3 is 0 Å². The third-order valence-corrected chi connectivity index (χ3v) is 5.74. The van der Waals surface area contributed by atoms with Gasteiger partial charge in [0, 0.05) is 16.8 Å². The second-order valence-corrected chi connectivity index (χ2v) is 7.71. The lowest BCUT2D eigenvalue weighted by molar-refractivity contribution is 0.397. The zero-order valence-electron chi connectivity index (χ0n) is 13.3. The molecule has 0 saturated heterocycles. The minimum absolute atomic E-state index is 0.532. The molecule has 0 amide bonds. The molecule has 0 atom stereocenters. The summed E-state index contributed by atoms with van der Waals surface area (Å²) >= 11 is 4.40.